The molecule has 0 saturated heterocycles. The fraction of sp³-hybridized carbons (Fsp3) is 0.889. The monoisotopic (exact) mass is 269 g/mol. The molecule has 0 spiro atoms. The molecule has 0 amide bonds. The van der Waals surface area contributed by atoms with E-state index in [9.17, 15) is 18.3 Å². The summed E-state index contributed by atoms with van der Waals surface area (Å²) in [5.41, 5.74) is -0.265. The van der Waals surface area contributed by atoms with Crippen LogP contribution in [0.25, 0.3) is 0 Å². The van der Waals surface area contributed by atoms with Crippen LogP contribution >= 0.6 is 0 Å². The molecular formula is C9H19NO6S. The fourth-order valence-corrected chi connectivity index (χ4v) is 1.64. The second-order valence-corrected chi connectivity index (χ2v) is 6.84. The van der Waals surface area contributed by atoms with Gasteiger partial charge in [-0.1, -0.05) is 0 Å². The Morgan fingerprint density at radius 2 is 1.82 bits per heavy atom. The summed E-state index contributed by atoms with van der Waals surface area (Å²) < 4.78 is 26.8. The zero-order valence-corrected chi connectivity index (χ0v) is 11.4. The summed E-state index contributed by atoms with van der Waals surface area (Å²) in [6.45, 7) is 6.32. The average Bonchev–Trinajstić information content (AvgIpc) is 2.08. The maximum absolute atomic E-state index is 11.1. The van der Waals surface area contributed by atoms with Crippen molar-refractivity contribution in [2.45, 2.75) is 44.8 Å². The fourth-order valence-electron chi connectivity index (χ4n) is 0.841. The first-order valence-electron chi connectivity index (χ1n) is 4.96. The van der Waals surface area contributed by atoms with E-state index in [2.05, 4.69) is 10.3 Å². The smallest absolute Gasteiger partial charge is 0.427 e. The van der Waals surface area contributed by atoms with Crippen LogP contribution in [0.5, 0.6) is 0 Å². The number of aliphatic hydroxyl groups is 1. The Labute approximate surface area is 101 Å². The molecule has 0 heterocycles. The lowest BCUT2D eigenvalue weighted by molar-refractivity contribution is -0.0446. The van der Waals surface area contributed by atoms with E-state index in [-0.39, 0.29) is 0 Å². The van der Waals surface area contributed by atoms with Gasteiger partial charge < -0.3 is 14.7 Å². The first kappa shape index (κ1) is 16.1. The summed E-state index contributed by atoms with van der Waals surface area (Å²) in [4.78, 5) is 15.6. The zero-order chi connectivity index (χ0) is 13.9. The molecule has 17 heavy (non-hydrogen) atoms. The number of nitrogens with one attached hydrogen (secondary N) is 1. The molecule has 8 heteroatoms. The molecule has 0 aromatic carbocycles. The molecule has 0 radical (unpaired) electrons. The van der Waals surface area contributed by atoms with Crippen molar-refractivity contribution < 1.29 is 27.9 Å². The molecule has 0 saturated carbocycles. The predicted molar refractivity (Wildman–Crippen MR) is 60.8 cm³/mol. The van der Waals surface area contributed by atoms with Crippen LogP contribution in [-0.4, -0.2) is 43.0 Å². The summed E-state index contributed by atoms with van der Waals surface area (Å²) >= 11 is 0. The highest BCUT2D eigenvalue weighted by atomic mass is 32.2. The molecule has 0 fully saturated rings. The van der Waals surface area contributed by atoms with E-state index < -0.39 is 33.1 Å². The first-order valence-corrected chi connectivity index (χ1v) is 6.91. The molecule has 1 unspecified atom stereocenters. The molecule has 102 valence electrons. The molecule has 0 aliphatic carbocycles. The Kier molecular flexibility index (Phi) is 5.37. The minimum atomic E-state index is -3.62. The average molecular weight is 269 g/mol. The van der Waals surface area contributed by atoms with Crippen molar-refractivity contribution in [1.29, 1.82) is 0 Å². The van der Waals surface area contributed by atoms with E-state index in [4.69, 9.17) is 4.74 Å². The van der Waals surface area contributed by atoms with Crippen molar-refractivity contribution in [3.8, 4) is 0 Å². The summed E-state index contributed by atoms with van der Waals surface area (Å²) in [6, 6.07) is -0.961. The van der Waals surface area contributed by atoms with Crippen LogP contribution in [-0.2, 0) is 19.4 Å². The third-order valence-corrected chi connectivity index (χ3v) is 2.87. The van der Waals surface area contributed by atoms with Crippen LogP contribution < -0.4 is 5.48 Å². The molecule has 0 aliphatic rings. The minimum Gasteiger partial charge on any atom is -0.427 e. The van der Waals surface area contributed by atoms with E-state index in [0.29, 0.717) is 0 Å². The van der Waals surface area contributed by atoms with E-state index in [1.807, 2.05) is 0 Å². The molecule has 2 atom stereocenters. The highest BCUT2D eigenvalue weighted by Gasteiger charge is 2.26. The standard InChI is InChI=1S/C9H19NO6S/c1-6(7(11)17(5,13)14)10-16-8(12)15-9(2,3)4/h6-7,10-11H,1-5H3/t6?,7-/m1/s1. The van der Waals surface area contributed by atoms with Crippen molar-refractivity contribution in [3.05, 3.63) is 0 Å². The number of sulfone groups is 1. The third kappa shape index (κ3) is 7.14. The van der Waals surface area contributed by atoms with Gasteiger partial charge in [0, 0.05) is 6.26 Å². The number of hydrogen-bond acceptors (Lipinski definition) is 7. The first-order chi connectivity index (χ1) is 7.43. The molecular weight excluding hydrogens is 250 g/mol. The SMILES string of the molecule is CC(NOC(=O)OC(C)(C)C)[C@H](O)S(C)(=O)=O. The van der Waals surface area contributed by atoms with Crippen molar-refractivity contribution in [1.82, 2.24) is 5.48 Å². The van der Waals surface area contributed by atoms with Gasteiger partial charge in [0.1, 0.15) is 5.60 Å². The lowest BCUT2D eigenvalue weighted by atomic mass is 10.2. The summed E-state index contributed by atoms with van der Waals surface area (Å²) in [5, 5.41) is 9.32. The molecule has 0 bridgehead atoms. The maximum Gasteiger partial charge on any atom is 0.528 e. The normalized spacial score (nSPS) is 16.1. The Balaban J connectivity index is 4.18. The molecule has 7 nitrogen and oxygen atoms in total. The Hall–Kier alpha value is -0.860. The van der Waals surface area contributed by atoms with Gasteiger partial charge in [0.25, 0.3) is 0 Å². The Bertz CT molecular complexity index is 358. The topological polar surface area (TPSA) is 102 Å². The lowest BCUT2D eigenvalue weighted by Crippen LogP contribution is -2.43. The highest BCUT2D eigenvalue weighted by Crippen LogP contribution is 2.08. The Morgan fingerprint density at radius 3 is 2.18 bits per heavy atom. The van der Waals surface area contributed by atoms with Crippen molar-refractivity contribution in [2.75, 3.05) is 6.26 Å². The second kappa shape index (κ2) is 5.65. The van der Waals surface area contributed by atoms with Gasteiger partial charge in [-0.2, -0.15) is 0 Å². The highest BCUT2D eigenvalue weighted by molar-refractivity contribution is 7.91. The lowest BCUT2D eigenvalue weighted by Gasteiger charge is -2.21. The zero-order valence-electron chi connectivity index (χ0n) is 10.6. The summed E-state index contributed by atoms with van der Waals surface area (Å²) in [5.74, 6) is 0. The molecule has 0 aromatic rings. The quantitative estimate of drug-likeness (QED) is 0.555. The van der Waals surface area contributed by atoms with Gasteiger partial charge in [0.2, 0.25) is 0 Å². The predicted octanol–water partition coefficient (Wildman–Crippen LogP) is 0.194. The third-order valence-electron chi connectivity index (χ3n) is 1.58. The van der Waals surface area contributed by atoms with Crippen molar-refractivity contribution >= 4 is 16.0 Å². The molecule has 0 aliphatic heterocycles. The largest absolute Gasteiger partial charge is 0.528 e. The molecule has 2 N–H and O–H groups in total. The second-order valence-electron chi connectivity index (χ2n) is 4.69. The van der Waals surface area contributed by atoms with Gasteiger partial charge >= 0.3 is 6.16 Å². The van der Waals surface area contributed by atoms with Crippen LogP contribution in [0.4, 0.5) is 4.79 Å². The molecule has 0 rings (SSSR count). The number of carbonyl (C=O) groups is 1. The van der Waals surface area contributed by atoms with Crippen LogP contribution in [0.15, 0.2) is 0 Å². The molecule has 0 aromatic heterocycles. The van der Waals surface area contributed by atoms with Gasteiger partial charge in [0.05, 0.1) is 6.04 Å². The maximum atomic E-state index is 11.1. The van der Waals surface area contributed by atoms with E-state index in [1.165, 1.54) is 6.92 Å². The Morgan fingerprint density at radius 1 is 1.35 bits per heavy atom. The van der Waals surface area contributed by atoms with Crippen LogP contribution in [0.2, 0.25) is 0 Å². The van der Waals surface area contributed by atoms with E-state index >= 15 is 0 Å². The number of ether oxygens (including phenoxy) is 1. The van der Waals surface area contributed by atoms with Gasteiger partial charge in [-0.15, -0.1) is 5.48 Å². The van der Waals surface area contributed by atoms with Crippen molar-refractivity contribution in [3.63, 3.8) is 0 Å². The number of carbonyl (C=O) groups excluding carboxylic acids is 1. The van der Waals surface area contributed by atoms with Crippen molar-refractivity contribution in [2.24, 2.45) is 0 Å². The summed E-state index contributed by atoms with van der Waals surface area (Å²) in [7, 11) is -3.62. The van der Waals surface area contributed by atoms with Gasteiger partial charge in [-0.3, -0.25) is 0 Å². The number of aliphatic hydroxyl groups excluding tert-OH is 1. The number of hydrogen-bond donors (Lipinski definition) is 2. The van der Waals surface area contributed by atoms with Gasteiger partial charge in [-0.05, 0) is 27.7 Å². The number of hydroxylamine groups is 1. The summed E-state index contributed by atoms with van der Waals surface area (Å²) in [6.07, 6.45) is -0.117. The van der Waals surface area contributed by atoms with Crippen LogP contribution in [0.3, 0.4) is 0 Å². The minimum absolute atomic E-state index is 0.711. The van der Waals surface area contributed by atoms with E-state index in [1.54, 1.807) is 20.8 Å². The number of rotatable bonds is 4. The van der Waals surface area contributed by atoms with Crippen LogP contribution in [0, 0.1) is 0 Å². The van der Waals surface area contributed by atoms with Crippen LogP contribution in [0.1, 0.15) is 27.7 Å². The van der Waals surface area contributed by atoms with Gasteiger partial charge in [-0.25, -0.2) is 13.2 Å². The van der Waals surface area contributed by atoms with Gasteiger partial charge in [0.15, 0.2) is 15.3 Å². The van der Waals surface area contributed by atoms with E-state index in [0.717, 1.165) is 6.26 Å².